The molecule has 0 amide bonds. The van der Waals surface area contributed by atoms with Crippen LogP contribution in [0.15, 0.2) is 24.3 Å². The molecule has 2 nitrogen and oxygen atoms in total. The average molecular weight is 272 g/mol. The van der Waals surface area contributed by atoms with Crippen LogP contribution in [0.25, 0.3) is 0 Å². The van der Waals surface area contributed by atoms with Crippen molar-refractivity contribution >= 4 is 0 Å². The van der Waals surface area contributed by atoms with E-state index in [1.165, 1.54) is 62.7 Å². The van der Waals surface area contributed by atoms with E-state index in [-0.39, 0.29) is 6.04 Å². The highest BCUT2D eigenvalue weighted by Crippen LogP contribution is 2.32. The van der Waals surface area contributed by atoms with Crippen LogP contribution in [0.1, 0.15) is 56.2 Å². The van der Waals surface area contributed by atoms with Gasteiger partial charge in [-0.25, -0.2) is 0 Å². The first-order chi connectivity index (χ1) is 9.79. The van der Waals surface area contributed by atoms with E-state index in [4.69, 9.17) is 5.73 Å². The summed E-state index contributed by atoms with van der Waals surface area (Å²) in [4.78, 5) is 2.70. The van der Waals surface area contributed by atoms with Crippen LogP contribution >= 0.6 is 0 Å². The minimum Gasteiger partial charge on any atom is -0.323 e. The third-order valence-corrected chi connectivity index (χ3v) is 5.37. The van der Waals surface area contributed by atoms with Crippen molar-refractivity contribution in [3.63, 3.8) is 0 Å². The van der Waals surface area contributed by atoms with Crippen molar-refractivity contribution in [2.75, 3.05) is 13.1 Å². The largest absolute Gasteiger partial charge is 0.323 e. The fraction of sp³-hybridized carbons (Fsp3) is 0.667. The van der Waals surface area contributed by atoms with Gasteiger partial charge in [-0.05, 0) is 55.7 Å². The second-order valence-corrected chi connectivity index (χ2v) is 6.60. The van der Waals surface area contributed by atoms with E-state index in [9.17, 15) is 0 Å². The summed E-state index contributed by atoms with van der Waals surface area (Å²) < 4.78 is 0. The molecule has 110 valence electrons. The first kappa shape index (κ1) is 14.1. The Balaban J connectivity index is 1.80. The Bertz CT molecular complexity index is 443. The number of fused-ring (bicyclic) bond motifs is 1. The first-order valence-corrected chi connectivity index (χ1v) is 8.37. The Morgan fingerprint density at radius 2 is 2.05 bits per heavy atom. The van der Waals surface area contributed by atoms with Crippen molar-refractivity contribution < 1.29 is 0 Å². The summed E-state index contributed by atoms with van der Waals surface area (Å²) in [5.41, 5.74) is 9.54. The lowest BCUT2D eigenvalue weighted by Crippen LogP contribution is -2.47. The maximum absolute atomic E-state index is 6.67. The zero-order chi connectivity index (χ0) is 13.9. The van der Waals surface area contributed by atoms with Crippen LogP contribution in [-0.2, 0) is 6.42 Å². The van der Waals surface area contributed by atoms with Crippen LogP contribution in [0.5, 0.6) is 0 Å². The number of nitrogens with two attached hydrogens (primary N) is 1. The number of hydrogen-bond acceptors (Lipinski definition) is 2. The highest BCUT2D eigenvalue weighted by molar-refractivity contribution is 5.32. The van der Waals surface area contributed by atoms with Gasteiger partial charge in [0.25, 0.3) is 0 Å². The lowest BCUT2D eigenvalue weighted by atomic mass is 9.90. The fourth-order valence-electron chi connectivity index (χ4n) is 4.12. The molecule has 20 heavy (non-hydrogen) atoms. The molecule has 1 fully saturated rings. The Labute approximate surface area is 123 Å². The predicted molar refractivity (Wildman–Crippen MR) is 84.7 cm³/mol. The highest BCUT2D eigenvalue weighted by atomic mass is 15.2. The number of hydrogen-bond donors (Lipinski definition) is 1. The Morgan fingerprint density at radius 1 is 1.20 bits per heavy atom. The minimum atomic E-state index is 0.198. The van der Waals surface area contributed by atoms with Crippen molar-refractivity contribution in [1.29, 1.82) is 0 Å². The molecule has 1 aliphatic heterocycles. The third kappa shape index (κ3) is 2.77. The second-order valence-electron chi connectivity index (χ2n) is 6.60. The van der Waals surface area contributed by atoms with Gasteiger partial charge in [0.05, 0.1) is 0 Å². The van der Waals surface area contributed by atoms with Crippen molar-refractivity contribution in [3.8, 4) is 0 Å². The summed E-state index contributed by atoms with van der Waals surface area (Å²) in [5, 5.41) is 0. The van der Waals surface area contributed by atoms with Gasteiger partial charge in [0.1, 0.15) is 0 Å². The molecule has 1 saturated heterocycles. The first-order valence-electron chi connectivity index (χ1n) is 8.37. The summed E-state index contributed by atoms with van der Waals surface area (Å²) in [5.74, 6) is 0.884. The molecule has 1 aromatic carbocycles. The summed E-state index contributed by atoms with van der Waals surface area (Å²) >= 11 is 0. The number of aryl methyl sites for hydroxylation is 1. The molecule has 1 aliphatic carbocycles. The van der Waals surface area contributed by atoms with E-state index in [0.29, 0.717) is 6.04 Å². The summed E-state index contributed by atoms with van der Waals surface area (Å²) in [6.45, 7) is 4.84. The molecule has 2 heteroatoms. The zero-order valence-corrected chi connectivity index (χ0v) is 12.7. The second kappa shape index (κ2) is 6.28. The molecule has 3 atom stereocenters. The van der Waals surface area contributed by atoms with Crippen LogP contribution in [0.3, 0.4) is 0 Å². The van der Waals surface area contributed by atoms with Crippen LogP contribution in [0.4, 0.5) is 0 Å². The van der Waals surface area contributed by atoms with E-state index in [0.717, 1.165) is 5.92 Å². The molecule has 0 bridgehead atoms. The number of rotatable bonds is 2. The van der Waals surface area contributed by atoms with Crippen molar-refractivity contribution in [2.24, 2.45) is 11.7 Å². The average Bonchev–Trinajstić information content (AvgIpc) is 2.67. The van der Waals surface area contributed by atoms with E-state index in [1.54, 1.807) is 0 Å². The summed E-state index contributed by atoms with van der Waals surface area (Å²) in [6, 6.07) is 9.56. The molecule has 1 aromatic rings. The molecule has 2 aliphatic rings. The molecule has 0 aromatic heterocycles. The Hall–Kier alpha value is -0.860. The maximum Gasteiger partial charge on any atom is 0.0455 e. The normalized spacial score (nSPS) is 31.6. The maximum atomic E-state index is 6.67. The van der Waals surface area contributed by atoms with Crippen LogP contribution < -0.4 is 5.73 Å². The Kier molecular flexibility index (Phi) is 4.42. The quantitative estimate of drug-likeness (QED) is 0.835. The SMILES string of the molecule is CCC1CCCN(C2CCCc3ccccc3C2N)C1. The van der Waals surface area contributed by atoms with E-state index in [2.05, 4.69) is 36.1 Å². The smallest absolute Gasteiger partial charge is 0.0455 e. The van der Waals surface area contributed by atoms with E-state index < -0.39 is 0 Å². The van der Waals surface area contributed by atoms with Crippen LogP contribution in [0.2, 0.25) is 0 Å². The van der Waals surface area contributed by atoms with Crippen LogP contribution in [-0.4, -0.2) is 24.0 Å². The zero-order valence-electron chi connectivity index (χ0n) is 12.7. The van der Waals surface area contributed by atoms with Crippen LogP contribution in [0, 0.1) is 5.92 Å². The minimum absolute atomic E-state index is 0.198. The summed E-state index contributed by atoms with van der Waals surface area (Å²) in [6.07, 6.45) is 7.81. The van der Waals surface area contributed by atoms with Crippen molar-refractivity contribution in [1.82, 2.24) is 4.90 Å². The standard InChI is InChI=1S/C18H28N2/c1-2-14-7-6-12-20(13-14)17-11-5-9-15-8-3-4-10-16(15)18(17)19/h3-4,8,10,14,17-18H,2,5-7,9,11-13,19H2,1H3. The van der Waals surface area contributed by atoms with Gasteiger partial charge in [-0.15, -0.1) is 0 Å². The molecular formula is C18H28N2. The van der Waals surface area contributed by atoms with Gasteiger partial charge in [-0.1, -0.05) is 37.6 Å². The molecule has 0 radical (unpaired) electrons. The van der Waals surface area contributed by atoms with Gasteiger partial charge in [0, 0.05) is 18.6 Å². The summed E-state index contributed by atoms with van der Waals surface area (Å²) in [7, 11) is 0. The molecule has 2 N–H and O–H groups in total. The topological polar surface area (TPSA) is 29.3 Å². The molecule has 3 unspecified atom stereocenters. The molecular weight excluding hydrogens is 244 g/mol. The van der Waals surface area contributed by atoms with E-state index in [1.807, 2.05) is 0 Å². The number of nitrogens with zero attached hydrogens (tertiary/aromatic N) is 1. The van der Waals surface area contributed by atoms with E-state index >= 15 is 0 Å². The Morgan fingerprint density at radius 3 is 2.90 bits per heavy atom. The van der Waals surface area contributed by atoms with Crippen molar-refractivity contribution in [3.05, 3.63) is 35.4 Å². The number of likely N-dealkylation sites (tertiary alicyclic amines) is 1. The highest BCUT2D eigenvalue weighted by Gasteiger charge is 2.31. The van der Waals surface area contributed by atoms with Crippen molar-refractivity contribution in [2.45, 2.75) is 57.5 Å². The van der Waals surface area contributed by atoms with Gasteiger partial charge in [-0.2, -0.15) is 0 Å². The third-order valence-electron chi connectivity index (χ3n) is 5.37. The monoisotopic (exact) mass is 272 g/mol. The predicted octanol–water partition coefficient (Wildman–Crippen LogP) is 3.51. The van der Waals surface area contributed by atoms with Gasteiger partial charge in [-0.3, -0.25) is 4.90 Å². The molecule has 0 spiro atoms. The lowest BCUT2D eigenvalue weighted by molar-refractivity contribution is 0.0998. The molecule has 1 heterocycles. The van der Waals surface area contributed by atoms with Gasteiger partial charge >= 0.3 is 0 Å². The molecule has 0 saturated carbocycles. The fourth-order valence-corrected chi connectivity index (χ4v) is 4.12. The number of piperidine rings is 1. The van der Waals surface area contributed by atoms with Gasteiger partial charge in [0.15, 0.2) is 0 Å². The van der Waals surface area contributed by atoms with Gasteiger partial charge in [0.2, 0.25) is 0 Å². The lowest BCUT2D eigenvalue weighted by Gasteiger charge is -2.40. The van der Waals surface area contributed by atoms with Gasteiger partial charge < -0.3 is 5.73 Å². The number of benzene rings is 1. The molecule has 3 rings (SSSR count).